The Morgan fingerprint density at radius 1 is 0.180 bits per heavy atom. The fourth-order valence-corrected chi connectivity index (χ4v) is 15.0. The van der Waals surface area contributed by atoms with Crippen LogP contribution in [-0.2, 0) is 0 Å². The van der Waals surface area contributed by atoms with E-state index < -0.39 is 309 Å². The van der Waals surface area contributed by atoms with Crippen LogP contribution < -0.4 is 0 Å². The van der Waals surface area contributed by atoms with Gasteiger partial charge in [0.25, 0.3) is 0 Å². The summed E-state index contributed by atoms with van der Waals surface area (Å²) in [6, 6.07) is 19.7. The first-order valence-electron chi connectivity index (χ1n) is 36.1. The Bertz CT molecular complexity index is 7370. The van der Waals surface area contributed by atoms with Gasteiger partial charge in [-0.05, 0) is 133 Å². The zero-order valence-electron chi connectivity index (χ0n) is 62.0. The Labute approximate surface area is 690 Å². The number of fused-ring (bicyclic) bond motifs is 16. The van der Waals surface area contributed by atoms with Crippen LogP contribution in [0, 0.1) is 186 Å². The molecule has 10 heterocycles. The lowest BCUT2D eigenvalue weighted by Gasteiger charge is -2.11. The molecule has 14 aromatic rings. The standard InChI is InChI=1S/C90H28F30N8/c91-61-55(62(92)74(104)85(115)73(61)103)49-35-13-11-31(121-35)23-45-33(25-47(127-45)53(59-69(99)81(111)89(119)82(112)70(59)100)43-21-19-41(125-43)51(39-17-15-37(49)123-39)57-65(95)77(107)87(117)78(108)66(57)96)29-7-3-27(4-8-29)1-2-28-5-9-30(10-6-28)34-26-48-54(60-71(101)83(113)90(120)84(114)72(60)102)44-22-20-42(126-44)52(58-67(97)79(109)88(118)80(110)68(58)98)40-18-16-38(124-40)50(36-14-12-32(122-36)24-46(34)128-48)56-63(93)75(105)86(116)76(106)64(56)94/h3-26,121-122,125-126H. The fraction of sp³-hybridized carbons (Fsp3) is 0. The number of nitrogens with one attached hydrogen (secondary N) is 4. The second-order valence-electron chi connectivity index (χ2n) is 28.2. The zero-order chi connectivity index (χ0) is 91.0. The van der Waals surface area contributed by atoms with Crippen LogP contribution in [0.2, 0.25) is 0 Å². The SMILES string of the molecule is Fc1c(F)c(F)c(-c2c3nc(c(-c4c(F)c(F)c(F)c(F)c4F)c4ccc([nH]4)c(-c4c(F)c(F)c(F)c(F)c4F)c4nc(cc5ccc2[nH]5)C(c2ccc(C#Cc5ccc(C6=Cc7nc6cc6ccc([nH]6)c(-c6c(F)c(F)c(F)c(F)c6F)c6nc(c(-c8c(F)c(F)c(F)c(F)c8F)c8ccc([nH]8)c7-c7c(F)c(F)c(F)c(F)c7F)C=C6)cc5)cc2)=C4)C=C3)c(F)c1F. The summed E-state index contributed by atoms with van der Waals surface area (Å²) in [5.41, 5.74) is -28.5. The predicted molar refractivity (Wildman–Crippen MR) is 404 cm³/mol. The van der Waals surface area contributed by atoms with Crippen LogP contribution in [0.25, 0.3) is 158 Å². The molecule has 6 aromatic heterocycles. The van der Waals surface area contributed by atoms with Gasteiger partial charge in [0.15, 0.2) is 140 Å². The highest BCUT2D eigenvalue weighted by atomic mass is 19.2. The van der Waals surface area contributed by atoms with Gasteiger partial charge in [-0.15, -0.1) is 0 Å². The molecule has 0 fully saturated rings. The van der Waals surface area contributed by atoms with E-state index in [4.69, 9.17) is 0 Å². The van der Waals surface area contributed by atoms with Crippen LogP contribution >= 0.6 is 0 Å². The molecule has 38 heteroatoms. The first-order chi connectivity index (χ1) is 60.9. The molecule has 8 aromatic carbocycles. The van der Waals surface area contributed by atoms with E-state index >= 15 is 105 Å². The van der Waals surface area contributed by atoms with E-state index in [1.807, 2.05) is 0 Å². The molecule has 8 nitrogen and oxygen atoms in total. The first-order valence-corrected chi connectivity index (χ1v) is 36.1. The Balaban J connectivity index is 0.802. The number of nitrogens with zero attached hydrogens (tertiary/aromatic N) is 4. The molecule has 0 amide bonds. The molecule has 0 saturated heterocycles. The Morgan fingerprint density at radius 2 is 0.367 bits per heavy atom. The van der Waals surface area contributed by atoms with Crippen LogP contribution in [-0.4, -0.2) is 39.9 Å². The van der Waals surface area contributed by atoms with Crippen molar-refractivity contribution >= 4 is 91.7 Å². The molecule has 4 N–H and O–H groups in total. The normalized spacial score (nSPS) is 12.4. The molecule has 0 unspecified atom stereocenters. The molecule has 16 bridgehead atoms. The van der Waals surface area contributed by atoms with Crippen molar-refractivity contribution in [1.82, 2.24) is 39.9 Å². The Hall–Kier alpha value is -15.6. The van der Waals surface area contributed by atoms with Crippen LogP contribution in [0.4, 0.5) is 132 Å². The number of H-pyrrole nitrogens is 4. The quantitative estimate of drug-likeness (QED) is 0.0525. The minimum atomic E-state index is -2.72. The summed E-state index contributed by atoms with van der Waals surface area (Å²) >= 11 is 0. The lowest BCUT2D eigenvalue weighted by atomic mass is 9.98. The summed E-state index contributed by atoms with van der Waals surface area (Å²) < 4.78 is 470. The molecule has 0 atom stereocenters. The van der Waals surface area contributed by atoms with Crippen LogP contribution in [0.15, 0.2) is 109 Å². The maximum Gasteiger partial charge on any atom is 0.200 e. The van der Waals surface area contributed by atoms with Gasteiger partial charge in [-0.1, -0.05) is 36.1 Å². The summed E-state index contributed by atoms with van der Waals surface area (Å²) in [6.07, 6.45) is 4.87. The van der Waals surface area contributed by atoms with E-state index in [0.717, 1.165) is 85.0 Å². The maximum absolute atomic E-state index is 16.5. The summed E-state index contributed by atoms with van der Waals surface area (Å²) in [5.74, 6) is -71.6. The summed E-state index contributed by atoms with van der Waals surface area (Å²) in [4.78, 5) is 27.4. The van der Waals surface area contributed by atoms with E-state index in [-0.39, 0.29) is 55.8 Å². The third-order valence-electron chi connectivity index (χ3n) is 20.9. The third-order valence-corrected chi connectivity index (χ3v) is 20.9. The molecule has 0 aliphatic carbocycles. The van der Waals surface area contributed by atoms with Crippen molar-refractivity contribution in [1.29, 1.82) is 0 Å². The number of halogens is 30. The highest BCUT2D eigenvalue weighted by molar-refractivity contribution is 6.04. The molecule has 4 aliphatic heterocycles. The average molecular weight is 1790 g/mol. The van der Waals surface area contributed by atoms with Gasteiger partial charge < -0.3 is 19.9 Å². The number of aromatic amines is 4. The third kappa shape index (κ3) is 13.0. The van der Waals surface area contributed by atoms with Crippen LogP contribution in [0.5, 0.6) is 0 Å². The molecule has 0 radical (unpaired) electrons. The number of aromatic nitrogens is 8. The van der Waals surface area contributed by atoms with Crippen LogP contribution in [0.1, 0.15) is 67.8 Å². The largest absolute Gasteiger partial charge is 0.355 e. The lowest BCUT2D eigenvalue weighted by Crippen LogP contribution is -2.06. The molecule has 0 saturated carbocycles. The van der Waals surface area contributed by atoms with Gasteiger partial charge in [-0.3, -0.25) is 0 Å². The van der Waals surface area contributed by atoms with Gasteiger partial charge in [0.2, 0.25) is 34.9 Å². The van der Waals surface area contributed by atoms with Gasteiger partial charge in [0.05, 0.1) is 78.9 Å². The van der Waals surface area contributed by atoms with E-state index in [1.54, 1.807) is 0 Å². The maximum atomic E-state index is 16.5. The van der Waals surface area contributed by atoms with Crippen molar-refractivity contribution in [3.8, 4) is 78.6 Å². The second-order valence-corrected chi connectivity index (χ2v) is 28.2. The highest BCUT2D eigenvalue weighted by Gasteiger charge is 2.39. The lowest BCUT2D eigenvalue weighted by molar-refractivity contribution is 0.381. The summed E-state index contributed by atoms with van der Waals surface area (Å²) in [6.45, 7) is 0. The molecule has 4 aliphatic rings. The van der Waals surface area contributed by atoms with E-state index in [0.29, 0.717) is 12.2 Å². The molecular formula is C90H28F30N8. The van der Waals surface area contributed by atoms with Crippen LogP contribution in [0.3, 0.4) is 0 Å². The van der Waals surface area contributed by atoms with Gasteiger partial charge in [0.1, 0.15) is 0 Å². The van der Waals surface area contributed by atoms with Crippen molar-refractivity contribution in [2.75, 3.05) is 0 Å². The van der Waals surface area contributed by atoms with E-state index in [1.165, 1.54) is 48.5 Å². The fourth-order valence-electron chi connectivity index (χ4n) is 15.0. The van der Waals surface area contributed by atoms with E-state index in [9.17, 15) is 26.3 Å². The number of hydrogen-bond acceptors (Lipinski definition) is 4. The first kappa shape index (κ1) is 83.3. The van der Waals surface area contributed by atoms with Crippen molar-refractivity contribution in [3.63, 3.8) is 0 Å². The zero-order valence-corrected chi connectivity index (χ0v) is 62.0. The second kappa shape index (κ2) is 30.7. The van der Waals surface area contributed by atoms with Gasteiger partial charge in [-0.25, -0.2) is 152 Å². The Morgan fingerprint density at radius 3 is 0.586 bits per heavy atom. The van der Waals surface area contributed by atoms with Crippen molar-refractivity contribution < 1.29 is 132 Å². The predicted octanol–water partition coefficient (Wildman–Crippen LogP) is 26.0. The summed E-state index contributed by atoms with van der Waals surface area (Å²) in [5, 5.41) is 0. The number of hydrogen-bond donors (Lipinski definition) is 4. The minimum Gasteiger partial charge on any atom is -0.355 e. The molecule has 18 rings (SSSR count). The number of rotatable bonds is 8. The van der Waals surface area contributed by atoms with Crippen molar-refractivity contribution in [2.24, 2.45) is 0 Å². The van der Waals surface area contributed by atoms with Gasteiger partial charge >= 0.3 is 0 Å². The summed E-state index contributed by atoms with van der Waals surface area (Å²) in [7, 11) is 0. The molecule has 638 valence electrons. The number of benzene rings is 8. The molecule has 0 spiro atoms. The van der Waals surface area contributed by atoms with Crippen molar-refractivity contribution in [3.05, 3.63) is 352 Å². The van der Waals surface area contributed by atoms with Crippen molar-refractivity contribution in [2.45, 2.75) is 0 Å². The average Bonchev–Trinajstić information content (AvgIpc) is 1.51. The smallest absolute Gasteiger partial charge is 0.200 e. The van der Waals surface area contributed by atoms with Gasteiger partial charge in [0, 0.05) is 99.8 Å². The highest BCUT2D eigenvalue weighted by Crippen LogP contribution is 2.49. The molecule has 128 heavy (non-hydrogen) atoms. The molecular weight excluding hydrogens is 1760 g/mol. The van der Waals surface area contributed by atoms with Gasteiger partial charge in [-0.2, -0.15) is 0 Å². The Kier molecular flexibility index (Phi) is 20.0. The topological polar surface area (TPSA) is 115 Å². The minimum absolute atomic E-state index is 0.00833. The van der Waals surface area contributed by atoms with E-state index in [2.05, 4.69) is 51.7 Å². The monoisotopic (exact) mass is 1790 g/mol.